The van der Waals surface area contributed by atoms with Crippen molar-refractivity contribution in [1.29, 1.82) is 0 Å². The van der Waals surface area contributed by atoms with E-state index >= 15 is 0 Å². The van der Waals surface area contributed by atoms with Crippen LogP contribution >= 0.6 is 11.6 Å². The maximum absolute atomic E-state index is 6.21. The summed E-state index contributed by atoms with van der Waals surface area (Å²) in [7, 11) is 0. The number of fused-ring (bicyclic) bond motifs is 1. The molecule has 1 N–H and O–H groups in total. The summed E-state index contributed by atoms with van der Waals surface area (Å²) in [6.07, 6.45) is 1.83. The van der Waals surface area contributed by atoms with E-state index in [-0.39, 0.29) is 0 Å². The highest BCUT2D eigenvalue weighted by molar-refractivity contribution is 6.35. The van der Waals surface area contributed by atoms with Crippen molar-refractivity contribution in [3.05, 3.63) is 41.0 Å². The Morgan fingerprint density at radius 1 is 1.22 bits per heavy atom. The molecule has 0 radical (unpaired) electrons. The Hall–Kier alpha value is -1.16. The second-order valence-corrected chi connectivity index (χ2v) is 5.04. The summed E-state index contributed by atoms with van der Waals surface area (Å²) in [5, 5.41) is 5.20. The predicted molar refractivity (Wildman–Crippen MR) is 74.9 cm³/mol. The maximum atomic E-state index is 6.21. The van der Waals surface area contributed by atoms with Gasteiger partial charge in [0.25, 0.3) is 0 Å². The van der Waals surface area contributed by atoms with Gasteiger partial charge in [-0.1, -0.05) is 17.7 Å². The van der Waals surface area contributed by atoms with Crippen LogP contribution in [0.5, 0.6) is 0 Å². The molecule has 1 saturated heterocycles. The van der Waals surface area contributed by atoms with Crippen LogP contribution in [0.2, 0.25) is 5.02 Å². The highest BCUT2D eigenvalue weighted by Crippen LogP contribution is 2.25. The smallest absolute Gasteiger partial charge is 0.0761 e. The Kier molecular flexibility index (Phi) is 3.46. The molecule has 2 aromatic rings. The highest BCUT2D eigenvalue weighted by Gasteiger charge is 2.12. The Balaban J connectivity index is 1.94. The summed E-state index contributed by atoms with van der Waals surface area (Å²) >= 11 is 6.21. The third kappa shape index (κ3) is 2.34. The molecule has 0 spiro atoms. The number of hydrogen-bond acceptors (Lipinski definition) is 3. The molecule has 0 amide bonds. The van der Waals surface area contributed by atoms with Crippen molar-refractivity contribution in [3.63, 3.8) is 0 Å². The average molecular weight is 262 g/mol. The van der Waals surface area contributed by atoms with Crippen molar-refractivity contribution in [1.82, 2.24) is 15.2 Å². The molecule has 0 bridgehead atoms. The minimum atomic E-state index is 0.780. The van der Waals surface area contributed by atoms with E-state index in [0.29, 0.717) is 0 Å². The van der Waals surface area contributed by atoms with Crippen molar-refractivity contribution in [2.24, 2.45) is 0 Å². The van der Waals surface area contributed by atoms with E-state index in [1.165, 1.54) is 5.56 Å². The van der Waals surface area contributed by atoms with Crippen LogP contribution in [0.1, 0.15) is 5.56 Å². The van der Waals surface area contributed by atoms with Gasteiger partial charge in [-0.3, -0.25) is 9.88 Å². The number of rotatable bonds is 2. The summed E-state index contributed by atoms with van der Waals surface area (Å²) in [5.41, 5.74) is 2.29. The molecule has 18 heavy (non-hydrogen) atoms. The zero-order valence-corrected chi connectivity index (χ0v) is 11.0. The monoisotopic (exact) mass is 261 g/mol. The van der Waals surface area contributed by atoms with Gasteiger partial charge in [0, 0.05) is 49.3 Å². The molecule has 1 aliphatic heterocycles. The van der Waals surface area contributed by atoms with Crippen molar-refractivity contribution < 1.29 is 0 Å². The fourth-order valence-electron chi connectivity index (χ4n) is 2.43. The Bertz CT molecular complexity index is 550. The van der Waals surface area contributed by atoms with Gasteiger partial charge in [0.1, 0.15) is 0 Å². The van der Waals surface area contributed by atoms with Crippen LogP contribution in [0.4, 0.5) is 0 Å². The van der Waals surface area contributed by atoms with E-state index in [4.69, 9.17) is 11.6 Å². The van der Waals surface area contributed by atoms with Crippen LogP contribution in [-0.2, 0) is 6.54 Å². The molecular weight excluding hydrogens is 246 g/mol. The molecule has 0 saturated carbocycles. The lowest BCUT2D eigenvalue weighted by atomic mass is 10.1. The molecule has 3 nitrogen and oxygen atoms in total. The zero-order chi connectivity index (χ0) is 12.4. The zero-order valence-electron chi connectivity index (χ0n) is 10.2. The first kappa shape index (κ1) is 11.9. The van der Waals surface area contributed by atoms with Crippen LogP contribution in [0, 0.1) is 0 Å². The Morgan fingerprint density at radius 3 is 2.89 bits per heavy atom. The first-order chi connectivity index (χ1) is 8.84. The van der Waals surface area contributed by atoms with Crippen LogP contribution in [-0.4, -0.2) is 36.1 Å². The van der Waals surface area contributed by atoms with Gasteiger partial charge in [-0.15, -0.1) is 0 Å². The summed E-state index contributed by atoms with van der Waals surface area (Å²) in [4.78, 5) is 6.93. The van der Waals surface area contributed by atoms with E-state index in [1.807, 2.05) is 24.4 Å². The van der Waals surface area contributed by atoms with Crippen LogP contribution in [0.15, 0.2) is 30.5 Å². The molecule has 2 heterocycles. The number of nitrogens with zero attached hydrogens (tertiary/aromatic N) is 2. The van der Waals surface area contributed by atoms with Gasteiger partial charge >= 0.3 is 0 Å². The van der Waals surface area contributed by atoms with Crippen molar-refractivity contribution in [2.45, 2.75) is 6.54 Å². The van der Waals surface area contributed by atoms with E-state index in [9.17, 15) is 0 Å². The number of nitrogens with one attached hydrogen (secondary N) is 1. The van der Waals surface area contributed by atoms with Crippen LogP contribution < -0.4 is 5.32 Å². The molecule has 94 valence electrons. The topological polar surface area (TPSA) is 28.2 Å². The first-order valence-electron chi connectivity index (χ1n) is 6.30. The standard InChI is InChI=1S/C14H16ClN3/c15-13-4-3-11(10-18-8-6-16-7-9-18)14-12(13)2-1-5-17-14/h1-5,16H,6-10H2. The highest BCUT2D eigenvalue weighted by atomic mass is 35.5. The molecule has 0 unspecified atom stereocenters. The number of piperazine rings is 1. The van der Waals surface area contributed by atoms with Crippen LogP contribution in [0.25, 0.3) is 10.9 Å². The molecule has 1 aromatic heterocycles. The first-order valence-corrected chi connectivity index (χ1v) is 6.67. The fraction of sp³-hybridized carbons (Fsp3) is 0.357. The summed E-state index contributed by atoms with van der Waals surface area (Å²) in [6, 6.07) is 8.04. The number of benzene rings is 1. The van der Waals surface area contributed by atoms with Crippen molar-refractivity contribution in [3.8, 4) is 0 Å². The molecule has 0 aliphatic carbocycles. The van der Waals surface area contributed by atoms with Gasteiger partial charge in [0.2, 0.25) is 0 Å². The lowest BCUT2D eigenvalue weighted by molar-refractivity contribution is 0.234. The average Bonchev–Trinajstić information content (AvgIpc) is 2.44. The van der Waals surface area contributed by atoms with Gasteiger partial charge in [-0.2, -0.15) is 0 Å². The molecule has 0 atom stereocenters. The normalized spacial score (nSPS) is 17.2. The fourth-order valence-corrected chi connectivity index (χ4v) is 2.65. The lowest BCUT2D eigenvalue weighted by Crippen LogP contribution is -2.42. The molecule has 1 aliphatic rings. The minimum Gasteiger partial charge on any atom is -0.314 e. The summed E-state index contributed by atoms with van der Waals surface area (Å²) in [6.45, 7) is 5.28. The number of aromatic nitrogens is 1. The Morgan fingerprint density at radius 2 is 2.06 bits per heavy atom. The molecule has 3 rings (SSSR count). The summed E-state index contributed by atoms with van der Waals surface area (Å²) in [5.74, 6) is 0. The molecule has 1 aromatic carbocycles. The lowest BCUT2D eigenvalue weighted by Gasteiger charge is -2.27. The van der Waals surface area contributed by atoms with E-state index in [1.54, 1.807) is 0 Å². The number of hydrogen-bond donors (Lipinski definition) is 1. The van der Waals surface area contributed by atoms with Crippen molar-refractivity contribution >= 4 is 22.5 Å². The van der Waals surface area contributed by atoms with E-state index < -0.39 is 0 Å². The van der Waals surface area contributed by atoms with Gasteiger partial charge in [-0.25, -0.2) is 0 Å². The number of halogens is 1. The van der Waals surface area contributed by atoms with Crippen molar-refractivity contribution in [2.75, 3.05) is 26.2 Å². The van der Waals surface area contributed by atoms with Gasteiger partial charge in [0.15, 0.2) is 0 Å². The maximum Gasteiger partial charge on any atom is 0.0761 e. The van der Waals surface area contributed by atoms with Gasteiger partial charge in [-0.05, 0) is 23.8 Å². The largest absolute Gasteiger partial charge is 0.314 e. The molecule has 1 fully saturated rings. The van der Waals surface area contributed by atoms with E-state index in [0.717, 1.165) is 48.6 Å². The van der Waals surface area contributed by atoms with Crippen LogP contribution in [0.3, 0.4) is 0 Å². The van der Waals surface area contributed by atoms with Gasteiger partial charge in [0.05, 0.1) is 5.52 Å². The third-order valence-corrected chi connectivity index (χ3v) is 3.73. The number of pyridine rings is 1. The Labute approximate surface area is 112 Å². The second-order valence-electron chi connectivity index (χ2n) is 4.63. The third-order valence-electron chi connectivity index (χ3n) is 3.40. The molecule has 4 heteroatoms. The molecular formula is C14H16ClN3. The van der Waals surface area contributed by atoms with E-state index in [2.05, 4.69) is 21.3 Å². The predicted octanol–water partition coefficient (Wildman–Crippen LogP) is 2.29. The SMILES string of the molecule is Clc1ccc(CN2CCNCC2)c2ncccc12. The van der Waals surface area contributed by atoms with Gasteiger partial charge < -0.3 is 5.32 Å². The summed E-state index contributed by atoms with van der Waals surface area (Å²) < 4.78 is 0. The second kappa shape index (κ2) is 5.22. The quantitative estimate of drug-likeness (QED) is 0.899. The minimum absolute atomic E-state index is 0.780.